The molecule has 29 heavy (non-hydrogen) atoms. The Morgan fingerprint density at radius 1 is 0.931 bits per heavy atom. The molecular weight excluding hydrogens is 352 g/mol. The highest BCUT2D eigenvalue weighted by atomic mass is 16.3. The lowest BCUT2D eigenvalue weighted by Gasteiger charge is -2.61. The van der Waals surface area contributed by atoms with Gasteiger partial charge in [-0.15, -0.1) is 0 Å². The summed E-state index contributed by atoms with van der Waals surface area (Å²) in [5.41, 5.74) is 2.67. The van der Waals surface area contributed by atoms with E-state index in [-0.39, 0.29) is 6.10 Å². The van der Waals surface area contributed by atoms with Crippen molar-refractivity contribution in [2.75, 3.05) is 0 Å². The van der Waals surface area contributed by atoms with Crippen LogP contribution in [-0.2, 0) is 0 Å². The van der Waals surface area contributed by atoms with Gasteiger partial charge in [-0.3, -0.25) is 0 Å². The predicted molar refractivity (Wildman–Crippen MR) is 124 cm³/mol. The van der Waals surface area contributed by atoms with Crippen molar-refractivity contribution < 1.29 is 5.11 Å². The van der Waals surface area contributed by atoms with Crippen molar-refractivity contribution in [3.05, 3.63) is 11.6 Å². The van der Waals surface area contributed by atoms with E-state index in [4.69, 9.17) is 0 Å². The van der Waals surface area contributed by atoms with Gasteiger partial charge in [0.15, 0.2) is 0 Å². The minimum absolute atomic E-state index is 0.0162. The first-order chi connectivity index (χ1) is 13.7. The van der Waals surface area contributed by atoms with Crippen LogP contribution in [0.2, 0.25) is 0 Å². The Hall–Kier alpha value is -0.300. The molecule has 4 rings (SSSR count). The fourth-order valence-electron chi connectivity index (χ4n) is 8.98. The van der Waals surface area contributed by atoms with Gasteiger partial charge in [0.2, 0.25) is 0 Å². The molecule has 0 spiro atoms. The summed E-state index contributed by atoms with van der Waals surface area (Å²) in [5.74, 6) is 6.09. The highest BCUT2D eigenvalue weighted by Crippen LogP contribution is 2.68. The molecule has 0 amide bonds. The van der Waals surface area contributed by atoms with Gasteiger partial charge in [0.1, 0.15) is 0 Å². The first kappa shape index (κ1) is 21.9. The molecule has 1 heteroatoms. The van der Waals surface area contributed by atoms with E-state index in [0.29, 0.717) is 16.7 Å². The molecule has 4 aliphatic carbocycles. The second-order valence-corrected chi connectivity index (χ2v) is 12.6. The van der Waals surface area contributed by atoms with Crippen LogP contribution in [0.1, 0.15) is 106 Å². The molecule has 4 aliphatic rings. The fraction of sp³-hybridized carbons (Fsp3) is 0.929. The number of rotatable bonds is 4. The molecule has 166 valence electrons. The number of fused-ring (bicyclic) bond motifs is 5. The van der Waals surface area contributed by atoms with Gasteiger partial charge in [0.05, 0.1) is 6.10 Å². The number of hydrogen-bond acceptors (Lipinski definition) is 1. The van der Waals surface area contributed by atoms with Crippen LogP contribution in [0.5, 0.6) is 0 Å². The largest absolute Gasteiger partial charge is 0.393 e. The quantitative estimate of drug-likeness (QED) is 0.481. The molecule has 4 saturated carbocycles. The van der Waals surface area contributed by atoms with Gasteiger partial charge >= 0.3 is 0 Å². The van der Waals surface area contributed by atoms with Crippen molar-refractivity contribution in [3.63, 3.8) is 0 Å². The van der Waals surface area contributed by atoms with Gasteiger partial charge in [-0.1, -0.05) is 46.3 Å². The number of aliphatic hydroxyl groups is 1. The first-order valence-corrected chi connectivity index (χ1v) is 13.0. The zero-order valence-electron chi connectivity index (χ0n) is 20.2. The second-order valence-electron chi connectivity index (χ2n) is 12.6. The number of allylic oxidation sites excluding steroid dienone is 2. The maximum atomic E-state index is 10.3. The van der Waals surface area contributed by atoms with Crippen molar-refractivity contribution in [1.82, 2.24) is 0 Å². The molecule has 4 fully saturated rings. The van der Waals surface area contributed by atoms with E-state index in [1.165, 1.54) is 51.4 Å². The molecule has 0 radical (unpaired) electrons. The monoisotopic (exact) mass is 400 g/mol. The molecule has 0 aromatic heterocycles. The lowest BCUT2D eigenvalue weighted by molar-refractivity contribution is -0.129. The lowest BCUT2D eigenvalue weighted by atomic mass is 9.44. The van der Waals surface area contributed by atoms with Crippen LogP contribution in [0.15, 0.2) is 11.6 Å². The molecule has 0 bridgehead atoms. The van der Waals surface area contributed by atoms with Crippen molar-refractivity contribution >= 4 is 0 Å². The Bertz CT molecular complexity index is 620. The van der Waals surface area contributed by atoms with Gasteiger partial charge in [-0.05, 0) is 123 Å². The van der Waals surface area contributed by atoms with Crippen LogP contribution >= 0.6 is 0 Å². The smallest absolute Gasteiger partial charge is 0.0543 e. The summed E-state index contributed by atoms with van der Waals surface area (Å²) < 4.78 is 0. The van der Waals surface area contributed by atoms with Crippen LogP contribution in [-0.4, -0.2) is 11.2 Å². The van der Waals surface area contributed by atoms with Crippen LogP contribution < -0.4 is 0 Å². The minimum atomic E-state index is -0.0162. The van der Waals surface area contributed by atoms with Crippen molar-refractivity contribution in [3.8, 4) is 0 Å². The van der Waals surface area contributed by atoms with E-state index >= 15 is 0 Å². The Morgan fingerprint density at radius 3 is 2.34 bits per heavy atom. The third-order valence-corrected chi connectivity index (χ3v) is 11.1. The zero-order valence-corrected chi connectivity index (χ0v) is 20.2. The summed E-state index contributed by atoms with van der Waals surface area (Å²) >= 11 is 0. The third-order valence-electron chi connectivity index (χ3n) is 11.1. The van der Waals surface area contributed by atoms with Crippen LogP contribution in [0.4, 0.5) is 0 Å². The molecule has 0 aromatic rings. The number of aliphatic hydroxyl groups excluding tert-OH is 1. The minimum Gasteiger partial charge on any atom is -0.393 e. The Labute approximate surface area is 181 Å². The normalized spacial score (nSPS) is 48.8. The van der Waals surface area contributed by atoms with Gasteiger partial charge in [0.25, 0.3) is 0 Å². The standard InChI is InChI=1S/C28H48O/c1-18(2)19(3)7-8-20(4)24-11-12-25-23-10-9-21-17-22(29)13-15-27(21,5)26(23)14-16-28(24,25)6/h7,18,20-26,29H,8-17H2,1-6H3/t20-,21?,22?,23+,24-,25+,26+,27+,28-/m1/s1. The van der Waals surface area contributed by atoms with Crippen molar-refractivity contribution in [2.45, 2.75) is 112 Å². The van der Waals surface area contributed by atoms with E-state index in [2.05, 4.69) is 47.6 Å². The van der Waals surface area contributed by atoms with Crippen LogP contribution in [0, 0.1) is 52.3 Å². The molecule has 0 aliphatic heterocycles. The van der Waals surface area contributed by atoms with Gasteiger partial charge in [-0.2, -0.15) is 0 Å². The summed E-state index contributed by atoms with van der Waals surface area (Å²) in [6.07, 6.45) is 16.0. The molecule has 9 atom stereocenters. The SMILES string of the molecule is CC(=CC[C@@H](C)[C@H]1CC[C@H]2[C@@H]3CCC4CC(O)CC[C@]4(C)[C@H]3CC[C@]12C)C(C)C. The average molecular weight is 401 g/mol. The van der Waals surface area contributed by atoms with E-state index < -0.39 is 0 Å². The summed E-state index contributed by atoms with van der Waals surface area (Å²) in [5, 5.41) is 10.3. The van der Waals surface area contributed by atoms with Gasteiger partial charge in [0, 0.05) is 0 Å². The van der Waals surface area contributed by atoms with Crippen LogP contribution in [0.3, 0.4) is 0 Å². The molecular formula is C28H48O. The second kappa shape index (κ2) is 7.99. The molecule has 1 nitrogen and oxygen atoms in total. The third kappa shape index (κ3) is 3.66. The maximum Gasteiger partial charge on any atom is 0.0543 e. The van der Waals surface area contributed by atoms with Crippen molar-refractivity contribution in [2.24, 2.45) is 52.3 Å². The summed E-state index contributed by atoms with van der Waals surface area (Å²) in [7, 11) is 0. The highest BCUT2D eigenvalue weighted by molar-refractivity contribution is 5.10. The lowest BCUT2D eigenvalue weighted by Crippen LogP contribution is -2.54. The fourth-order valence-corrected chi connectivity index (χ4v) is 8.98. The first-order valence-electron chi connectivity index (χ1n) is 13.0. The summed E-state index contributed by atoms with van der Waals surface area (Å²) in [4.78, 5) is 0. The topological polar surface area (TPSA) is 20.2 Å². The Kier molecular flexibility index (Phi) is 6.04. The van der Waals surface area contributed by atoms with E-state index in [1.807, 2.05) is 0 Å². The van der Waals surface area contributed by atoms with E-state index in [9.17, 15) is 5.11 Å². The van der Waals surface area contributed by atoms with Gasteiger partial charge < -0.3 is 5.11 Å². The maximum absolute atomic E-state index is 10.3. The van der Waals surface area contributed by atoms with E-state index in [0.717, 1.165) is 48.3 Å². The van der Waals surface area contributed by atoms with E-state index in [1.54, 1.807) is 5.57 Å². The Morgan fingerprint density at radius 2 is 1.62 bits per heavy atom. The summed E-state index contributed by atoms with van der Waals surface area (Å²) in [6.45, 7) is 14.8. The van der Waals surface area contributed by atoms with Gasteiger partial charge in [-0.25, -0.2) is 0 Å². The molecule has 1 N–H and O–H groups in total. The average Bonchev–Trinajstić information content (AvgIpc) is 3.03. The van der Waals surface area contributed by atoms with Crippen molar-refractivity contribution in [1.29, 1.82) is 0 Å². The molecule has 0 heterocycles. The zero-order chi connectivity index (χ0) is 21.0. The van der Waals surface area contributed by atoms with Crippen LogP contribution in [0.25, 0.3) is 0 Å². The number of hydrogen-bond donors (Lipinski definition) is 1. The summed E-state index contributed by atoms with van der Waals surface area (Å²) in [6, 6.07) is 0. The highest BCUT2D eigenvalue weighted by Gasteiger charge is 2.60. The molecule has 0 aromatic carbocycles. The Balaban J connectivity index is 1.49. The predicted octanol–water partition coefficient (Wildman–Crippen LogP) is 7.63. The molecule has 0 saturated heterocycles. The molecule has 2 unspecified atom stereocenters.